The van der Waals surface area contributed by atoms with E-state index in [1.165, 1.54) is 142 Å². The number of hydrogen-bond donors (Lipinski definition) is 23. The molecule has 0 aromatic heterocycles. The molecule has 0 aromatic carbocycles. The Morgan fingerprint density at radius 2 is 0.698 bits per heavy atom. The maximum absolute atomic E-state index is 13.6. The SMILES string of the molecule is CCCCCCCCCCCCC/C=C/[C@@H](O)[C@H](CO[C@@H]1OC(CO)[C@@H](O[C@@H]2OC(CO)[C@H](O[C@@H]3OC(CO)[C@H](O)[C@H](O[C@@H]4OC(CO[C@@H]5OC(CO)[C@@H](O)[C@H](O[C@H]6C(O)[C@H](O)C(C)O[C@H]6O)C5NC(C)=O)[C@H](O)[C@H](O[C@@H]5OC(CO)[C@H](O)[C@H](O)C5O)C4NC(C)=O)C3O)[C@H](O)C2O)[C@H](O)C1O)NC(=O)CCCCCCCCCCCCCCCCCCCCC. The number of amides is 3. The molecule has 736 valence electrons. The summed E-state index contributed by atoms with van der Waals surface area (Å²) in [6, 6.07) is -4.71. The van der Waals surface area contributed by atoms with Crippen molar-refractivity contribution in [2.24, 2.45) is 0 Å². The standard InChI is InChI=1S/C86H155N3O37/c1-6-8-10-12-14-16-18-20-21-22-23-24-25-27-29-31-33-35-37-39-58(98)89-50(51(97)38-36-34-32-30-28-26-19-17-15-13-11-9-7-2)45-113-83-71(109)68(106)74(55(43-93)119-83)123-85-72(110)69(107)75(56(44-94)120-85)124-86-73(111)78(64(102)54(42-92)118-86)126-82-60(88-49(5)96)77(125-84-70(108)66(104)62(100)52(40-90)117-84)65(103)57(121-82)46-114-81-59(87-48(4)95)76(63(101)53(41-91)116-81)122-79-67(105)61(99)47(3)115-80(79)112/h36,38,47,50-57,59-86,90-94,97,99-112H,6-35,37,39-46H2,1-5H3,(H,87,95)(H,88,96)(H,89,98)/b38-36+/t47?,50-,51+,52?,53?,54?,55?,56?,57?,59?,60?,61+,62-,63+,64-,65-,66-,67?,68+,69+,70?,71?,72?,73?,74+,75-,76+,77+,78-,79-,80+,81+,82-,83+,84-,85-,86-/m0/s1. The third kappa shape index (κ3) is 33.1. The van der Waals surface area contributed by atoms with Gasteiger partial charge in [0.15, 0.2) is 44.0 Å². The molecule has 126 heavy (non-hydrogen) atoms. The fourth-order valence-corrected chi connectivity index (χ4v) is 17.2. The van der Waals surface area contributed by atoms with Gasteiger partial charge in [0, 0.05) is 20.3 Å². The molecule has 40 heteroatoms. The zero-order chi connectivity index (χ0) is 92.1. The molecule has 7 fully saturated rings. The summed E-state index contributed by atoms with van der Waals surface area (Å²) < 4.78 is 83.3. The maximum atomic E-state index is 13.6. The van der Waals surface area contributed by atoms with Gasteiger partial charge in [-0.25, -0.2) is 0 Å². The second-order valence-electron chi connectivity index (χ2n) is 34.9. The molecule has 0 aromatic rings. The lowest BCUT2D eigenvalue weighted by Crippen LogP contribution is -2.71. The Balaban J connectivity index is 1.01. The minimum atomic E-state index is -2.36. The van der Waals surface area contributed by atoms with E-state index in [0.717, 1.165) is 65.2 Å². The van der Waals surface area contributed by atoms with Crippen LogP contribution in [0.15, 0.2) is 12.2 Å². The summed E-state index contributed by atoms with van der Waals surface area (Å²) in [5.74, 6) is -2.11. The van der Waals surface area contributed by atoms with Gasteiger partial charge in [-0.1, -0.05) is 206 Å². The van der Waals surface area contributed by atoms with Crippen LogP contribution in [0, 0.1) is 0 Å². The Bertz CT molecular complexity index is 2980. The minimum Gasteiger partial charge on any atom is -0.394 e. The second kappa shape index (κ2) is 58.2. The van der Waals surface area contributed by atoms with Gasteiger partial charge >= 0.3 is 0 Å². The molecule has 0 spiro atoms. The van der Waals surface area contributed by atoms with E-state index >= 15 is 0 Å². The Morgan fingerprint density at radius 1 is 0.341 bits per heavy atom. The first kappa shape index (κ1) is 110. The highest BCUT2D eigenvalue weighted by atomic mass is 16.8. The number of carbonyl (C=O) groups is 3. The summed E-state index contributed by atoms with van der Waals surface area (Å²) in [6.07, 6.45) is -25.9. The number of aliphatic hydroxyl groups is 20. The van der Waals surface area contributed by atoms with E-state index in [9.17, 15) is 117 Å². The molecule has 40 nitrogen and oxygen atoms in total. The minimum absolute atomic E-state index is 0.166. The molecular weight excluding hydrogens is 1670 g/mol. The molecule has 0 radical (unpaired) electrons. The highest BCUT2D eigenvalue weighted by molar-refractivity contribution is 5.76. The van der Waals surface area contributed by atoms with Crippen LogP contribution >= 0.6 is 0 Å². The molecule has 7 rings (SSSR count). The molecule has 14 unspecified atom stereocenters. The van der Waals surface area contributed by atoms with Crippen molar-refractivity contribution >= 4 is 17.7 Å². The zero-order valence-corrected chi connectivity index (χ0v) is 74.0. The van der Waals surface area contributed by atoms with Crippen LogP contribution in [0.3, 0.4) is 0 Å². The summed E-state index contributed by atoms with van der Waals surface area (Å²) in [4.78, 5) is 39.8. The van der Waals surface area contributed by atoms with Gasteiger partial charge in [0.25, 0.3) is 0 Å². The normalized spacial score (nSPS) is 38.1. The number of rotatable bonds is 58. The Morgan fingerprint density at radius 3 is 1.17 bits per heavy atom. The van der Waals surface area contributed by atoms with Crippen LogP contribution in [-0.2, 0) is 80.7 Å². The predicted octanol–water partition coefficient (Wildman–Crippen LogP) is -2.01. The van der Waals surface area contributed by atoms with Crippen LogP contribution in [-0.4, -0.2) is 393 Å². The molecule has 37 atom stereocenters. The zero-order valence-electron chi connectivity index (χ0n) is 74.0. The van der Waals surface area contributed by atoms with Crippen molar-refractivity contribution in [3.05, 3.63) is 12.2 Å². The number of ether oxygens (including phenoxy) is 14. The molecule has 23 N–H and O–H groups in total. The molecule has 0 bridgehead atoms. The van der Waals surface area contributed by atoms with Crippen LogP contribution in [0.5, 0.6) is 0 Å². The Kier molecular flexibility index (Phi) is 50.7. The van der Waals surface area contributed by atoms with Crippen LogP contribution < -0.4 is 16.0 Å². The maximum Gasteiger partial charge on any atom is 0.220 e. The molecule has 7 aliphatic rings. The molecule has 7 saturated heterocycles. The fraction of sp³-hybridized carbons (Fsp3) is 0.942. The largest absolute Gasteiger partial charge is 0.394 e. The van der Waals surface area contributed by atoms with E-state index in [1.807, 2.05) is 6.08 Å². The van der Waals surface area contributed by atoms with Crippen molar-refractivity contribution < 1.29 is 183 Å². The van der Waals surface area contributed by atoms with E-state index in [0.29, 0.717) is 12.8 Å². The molecule has 3 amide bonds. The van der Waals surface area contributed by atoms with Crippen LogP contribution in [0.2, 0.25) is 0 Å². The van der Waals surface area contributed by atoms with Crippen LogP contribution in [0.25, 0.3) is 0 Å². The second-order valence-corrected chi connectivity index (χ2v) is 34.9. The summed E-state index contributed by atoms with van der Waals surface area (Å²) in [5, 5.41) is 233. The number of allylic oxidation sites excluding steroid dienone is 1. The smallest absolute Gasteiger partial charge is 0.220 e. The van der Waals surface area contributed by atoms with Gasteiger partial charge in [0.1, 0.15) is 165 Å². The van der Waals surface area contributed by atoms with E-state index in [-0.39, 0.29) is 12.3 Å². The summed E-state index contributed by atoms with van der Waals surface area (Å²) in [6.45, 7) is 1.21. The number of unbranched alkanes of at least 4 members (excludes halogenated alkanes) is 29. The number of aliphatic hydroxyl groups excluding tert-OH is 20. The monoisotopic (exact) mass is 1820 g/mol. The third-order valence-corrected chi connectivity index (χ3v) is 24.8. The third-order valence-electron chi connectivity index (χ3n) is 24.8. The van der Waals surface area contributed by atoms with Gasteiger partial charge in [-0.15, -0.1) is 0 Å². The van der Waals surface area contributed by atoms with Gasteiger partial charge in [-0.2, -0.15) is 0 Å². The first-order valence-electron chi connectivity index (χ1n) is 46.3. The van der Waals surface area contributed by atoms with Gasteiger partial charge < -0.3 is 184 Å². The van der Waals surface area contributed by atoms with Gasteiger partial charge in [0.2, 0.25) is 17.7 Å². The molecule has 0 aliphatic carbocycles. The molecule has 7 heterocycles. The van der Waals surface area contributed by atoms with Crippen molar-refractivity contribution in [2.45, 2.75) is 467 Å². The first-order chi connectivity index (χ1) is 60.5. The van der Waals surface area contributed by atoms with E-state index in [4.69, 9.17) is 66.3 Å². The Labute approximate surface area is 739 Å². The highest BCUT2D eigenvalue weighted by Gasteiger charge is 2.59. The van der Waals surface area contributed by atoms with Gasteiger partial charge in [0.05, 0.1) is 64.5 Å². The van der Waals surface area contributed by atoms with Crippen LogP contribution in [0.1, 0.15) is 240 Å². The van der Waals surface area contributed by atoms with Gasteiger partial charge in [-0.3, -0.25) is 14.4 Å². The molecule has 7 aliphatic heterocycles. The van der Waals surface area contributed by atoms with Crippen molar-refractivity contribution in [1.82, 2.24) is 16.0 Å². The lowest BCUT2D eigenvalue weighted by molar-refractivity contribution is -0.390. The van der Waals surface area contributed by atoms with Crippen molar-refractivity contribution in [1.29, 1.82) is 0 Å². The predicted molar refractivity (Wildman–Crippen MR) is 443 cm³/mol. The average molecular weight is 1820 g/mol. The number of nitrogens with one attached hydrogen (secondary N) is 3. The van der Waals surface area contributed by atoms with E-state index in [2.05, 4.69) is 29.8 Å². The highest BCUT2D eigenvalue weighted by Crippen LogP contribution is 2.39. The van der Waals surface area contributed by atoms with E-state index < -0.39 is 285 Å². The quantitative estimate of drug-likeness (QED) is 0.0231. The van der Waals surface area contributed by atoms with E-state index in [1.54, 1.807) is 6.08 Å². The average Bonchev–Trinajstić information content (AvgIpc) is 0.768. The summed E-state index contributed by atoms with van der Waals surface area (Å²) >= 11 is 0. The summed E-state index contributed by atoms with van der Waals surface area (Å²) in [5.41, 5.74) is 0. The Hall–Kier alpha value is -3.21. The van der Waals surface area contributed by atoms with Crippen LogP contribution in [0.4, 0.5) is 0 Å². The first-order valence-corrected chi connectivity index (χ1v) is 46.3. The number of hydrogen-bond acceptors (Lipinski definition) is 37. The fourth-order valence-electron chi connectivity index (χ4n) is 17.2. The summed E-state index contributed by atoms with van der Waals surface area (Å²) in [7, 11) is 0. The van der Waals surface area contributed by atoms with Gasteiger partial charge in [-0.05, 0) is 26.2 Å². The molecular formula is C86H155N3O37. The van der Waals surface area contributed by atoms with Crippen molar-refractivity contribution in [2.75, 3.05) is 46.2 Å². The van der Waals surface area contributed by atoms with Crippen molar-refractivity contribution in [3.8, 4) is 0 Å². The topological polar surface area (TPSA) is 621 Å². The lowest BCUT2D eigenvalue weighted by Gasteiger charge is -2.51. The number of carbonyl (C=O) groups excluding carboxylic acids is 3. The van der Waals surface area contributed by atoms with Crippen molar-refractivity contribution in [3.63, 3.8) is 0 Å². The molecule has 0 saturated carbocycles. The lowest BCUT2D eigenvalue weighted by atomic mass is 9.93.